The van der Waals surface area contributed by atoms with Crippen molar-refractivity contribution < 1.29 is 4.79 Å². The third-order valence-electron chi connectivity index (χ3n) is 1.70. The molecule has 1 rings (SSSR count). The first-order valence-corrected chi connectivity index (χ1v) is 4.08. The topological polar surface area (TPSA) is 73.8 Å². The fraction of sp³-hybridized carbons (Fsp3) is 0.625. The Morgan fingerprint density at radius 3 is 2.62 bits per heavy atom. The quantitative estimate of drug-likeness (QED) is 0.721. The predicted octanol–water partition coefficient (Wildman–Crippen LogP) is 0.475. The van der Waals surface area contributed by atoms with Crippen molar-refractivity contribution in [2.75, 3.05) is 5.73 Å². The van der Waals surface area contributed by atoms with Crippen LogP contribution in [0.15, 0.2) is 6.33 Å². The zero-order chi connectivity index (χ0) is 10.1. The van der Waals surface area contributed by atoms with Crippen LogP contribution in [0.1, 0.15) is 20.8 Å². The van der Waals surface area contributed by atoms with Crippen LogP contribution in [0.4, 0.5) is 5.95 Å². The molecule has 0 fully saturated rings. The van der Waals surface area contributed by atoms with Gasteiger partial charge in [-0.3, -0.25) is 4.79 Å². The highest BCUT2D eigenvalue weighted by molar-refractivity contribution is 5.83. The van der Waals surface area contributed by atoms with E-state index in [0.29, 0.717) is 0 Å². The highest BCUT2D eigenvalue weighted by Crippen LogP contribution is 2.15. The number of carbonyl (C=O) groups is 1. The van der Waals surface area contributed by atoms with Gasteiger partial charge in [-0.1, -0.05) is 20.8 Å². The van der Waals surface area contributed by atoms with Crippen LogP contribution in [-0.4, -0.2) is 20.5 Å². The van der Waals surface area contributed by atoms with Gasteiger partial charge in [-0.15, -0.1) is 5.10 Å². The van der Waals surface area contributed by atoms with E-state index in [2.05, 4.69) is 10.1 Å². The fourth-order valence-electron chi connectivity index (χ4n) is 0.770. The number of hydrogen-bond acceptors (Lipinski definition) is 4. The minimum atomic E-state index is -0.347. The van der Waals surface area contributed by atoms with Gasteiger partial charge in [0.2, 0.25) is 5.95 Å². The van der Waals surface area contributed by atoms with Crippen LogP contribution in [0.5, 0.6) is 0 Å². The molecule has 0 unspecified atom stereocenters. The summed E-state index contributed by atoms with van der Waals surface area (Å²) in [5.41, 5.74) is 4.96. The lowest BCUT2D eigenvalue weighted by Gasteiger charge is -2.15. The lowest BCUT2D eigenvalue weighted by atomic mass is 9.91. The summed E-state index contributed by atoms with van der Waals surface area (Å²) in [6, 6.07) is 0. The Labute approximate surface area is 76.9 Å². The molecule has 5 heteroatoms. The molecule has 2 N–H and O–H groups in total. The highest BCUT2D eigenvalue weighted by Gasteiger charge is 2.21. The Hall–Kier alpha value is -1.39. The minimum absolute atomic E-state index is 0.109. The van der Waals surface area contributed by atoms with Gasteiger partial charge in [0.25, 0.3) is 0 Å². The second-order valence-corrected chi connectivity index (χ2v) is 3.97. The summed E-state index contributed by atoms with van der Waals surface area (Å²) in [5.74, 6) is 0.305. The third kappa shape index (κ3) is 2.54. The number of ketones is 1. The van der Waals surface area contributed by atoms with Crippen LogP contribution in [0.3, 0.4) is 0 Å². The Morgan fingerprint density at radius 2 is 2.23 bits per heavy atom. The van der Waals surface area contributed by atoms with Crippen molar-refractivity contribution >= 4 is 11.7 Å². The first-order chi connectivity index (χ1) is 5.89. The lowest BCUT2D eigenvalue weighted by Crippen LogP contribution is -2.25. The standard InChI is InChI=1S/C8H14N4O/c1-8(2,3)6(13)4-12-5-10-7(9)11-12/h5H,4H2,1-3H3,(H2,9,11). The summed E-state index contributed by atoms with van der Waals surface area (Å²) in [5, 5.41) is 3.83. The van der Waals surface area contributed by atoms with Crippen molar-refractivity contribution in [1.29, 1.82) is 0 Å². The van der Waals surface area contributed by atoms with Gasteiger partial charge in [0.15, 0.2) is 5.78 Å². The number of Topliss-reactive ketones (excluding diaryl/α,β-unsaturated/α-hetero) is 1. The van der Waals surface area contributed by atoms with Crippen LogP contribution in [0, 0.1) is 5.41 Å². The number of aromatic nitrogens is 3. The predicted molar refractivity (Wildman–Crippen MR) is 48.9 cm³/mol. The monoisotopic (exact) mass is 182 g/mol. The van der Waals surface area contributed by atoms with E-state index in [1.165, 1.54) is 11.0 Å². The van der Waals surface area contributed by atoms with Crippen LogP contribution in [0.2, 0.25) is 0 Å². The molecule has 0 radical (unpaired) electrons. The number of hydrogen-bond donors (Lipinski definition) is 1. The molecule has 0 bridgehead atoms. The molecule has 0 aliphatic heterocycles. The van der Waals surface area contributed by atoms with Crippen molar-refractivity contribution in [3.63, 3.8) is 0 Å². The van der Waals surface area contributed by atoms with Gasteiger partial charge in [-0.05, 0) is 0 Å². The molecule has 0 saturated heterocycles. The molecule has 0 aliphatic rings. The average Bonchev–Trinajstić information content (AvgIpc) is 2.33. The average molecular weight is 182 g/mol. The SMILES string of the molecule is CC(C)(C)C(=O)Cn1cnc(N)n1. The van der Waals surface area contributed by atoms with E-state index >= 15 is 0 Å². The molecule has 13 heavy (non-hydrogen) atoms. The van der Waals surface area contributed by atoms with Crippen molar-refractivity contribution in [3.05, 3.63) is 6.33 Å². The summed E-state index contributed by atoms with van der Waals surface area (Å²) in [4.78, 5) is 15.2. The molecular formula is C8H14N4O. The Morgan fingerprint density at radius 1 is 1.62 bits per heavy atom. The summed E-state index contributed by atoms with van der Waals surface area (Å²) in [6.07, 6.45) is 1.46. The van der Waals surface area contributed by atoms with Crippen molar-refractivity contribution in [3.8, 4) is 0 Å². The van der Waals surface area contributed by atoms with Crippen molar-refractivity contribution in [1.82, 2.24) is 14.8 Å². The van der Waals surface area contributed by atoms with Gasteiger partial charge in [0.1, 0.15) is 12.9 Å². The first kappa shape index (κ1) is 9.70. The van der Waals surface area contributed by atoms with E-state index in [1.54, 1.807) is 0 Å². The normalized spacial score (nSPS) is 11.6. The molecule has 0 atom stereocenters. The van der Waals surface area contributed by atoms with E-state index < -0.39 is 0 Å². The zero-order valence-electron chi connectivity index (χ0n) is 8.11. The molecule has 1 aromatic rings. The zero-order valence-corrected chi connectivity index (χ0v) is 8.11. The summed E-state index contributed by atoms with van der Waals surface area (Å²) >= 11 is 0. The fourth-order valence-corrected chi connectivity index (χ4v) is 0.770. The minimum Gasteiger partial charge on any atom is -0.367 e. The van der Waals surface area contributed by atoms with Gasteiger partial charge < -0.3 is 5.73 Å². The van der Waals surface area contributed by atoms with E-state index in [1.807, 2.05) is 20.8 Å². The van der Waals surface area contributed by atoms with Crippen LogP contribution in [0.25, 0.3) is 0 Å². The smallest absolute Gasteiger partial charge is 0.239 e. The van der Waals surface area contributed by atoms with E-state index in [9.17, 15) is 4.79 Å². The Bertz CT molecular complexity index is 310. The van der Waals surface area contributed by atoms with Gasteiger partial charge in [0, 0.05) is 5.41 Å². The van der Waals surface area contributed by atoms with E-state index in [-0.39, 0.29) is 23.7 Å². The summed E-state index contributed by atoms with van der Waals surface area (Å²) in [6.45, 7) is 5.84. The molecule has 1 aromatic heterocycles. The summed E-state index contributed by atoms with van der Waals surface area (Å²) in [7, 11) is 0. The number of nitrogens with zero attached hydrogens (tertiary/aromatic N) is 3. The lowest BCUT2D eigenvalue weighted by molar-refractivity contribution is -0.127. The molecule has 5 nitrogen and oxygen atoms in total. The molecule has 0 amide bonds. The molecule has 1 heterocycles. The van der Waals surface area contributed by atoms with Crippen LogP contribution < -0.4 is 5.73 Å². The van der Waals surface area contributed by atoms with E-state index in [4.69, 9.17) is 5.73 Å². The van der Waals surface area contributed by atoms with Gasteiger partial charge in [0.05, 0.1) is 0 Å². The first-order valence-electron chi connectivity index (χ1n) is 4.08. The van der Waals surface area contributed by atoms with E-state index in [0.717, 1.165) is 0 Å². The van der Waals surface area contributed by atoms with Crippen LogP contribution >= 0.6 is 0 Å². The molecular weight excluding hydrogens is 168 g/mol. The van der Waals surface area contributed by atoms with Crippen LogP contribution in [-0.2, 0) is 11.3 Å². The number of rotatable bonds is 2. The Balaban J connectivity index is 2.65. The molecule has 72 valence electrons. The molecule has 0 aromatic carbocycles. The van der Waals surface area contributed by atoms with Gasteiger partial charge in [-0.25, -0.2) is 9.67 Å². The highest BCUT2D eigenvalue weighted by atomic mass is 16.1. The van der Waals surface area contributed by atoms with Gasteiger partial charge in [-0.2, -0.15) is 0 Å². The van der Waals surface area contributed by atoms with Crippen molar-refractivity contribution in [2.45, 2.75) is 27.3 Å². The second-order valence-electron chi connectivity index (χ2n) is 3.97. The Kier molecular flexibility index (Phi) is 2.36. The molecule has 0 spiro atoms. The maximum Gasteiger partial charge on any atom is 0.239 e. The maximum absolute atomic E-state index is 11.5. The number of nitrogens with two attached hydrogens (primary N) is 1. The molecule has 0 aliphatic carbocycles. The van der Waals surface area contributed by atoms with Crippen molar-refractivity contribution in [2.24, 2.45) is 5.41 Å². The maximum atomic E-state index is 11.5. The van der Waals surface area contributed by atoms with Gasteiger partial charge >= 0.3 is 0 Å². The third-order valence-corrected chi connectivity index (χ3v) is 1.70. The largest absolute Gasteiger partial charge is 0.367 e. The number of nitrogen functional groups attached to an aromatic ring is 1. The summed E-state index contributed by atoms with van der Waals surface area (Å²) < 4.78 is 1.45. The number of anilines is 1. The number of carbonyl (C=O) groups excluding carboxylic acids is 1. The second kappa shape index (κ2) is 3.16. The molecule has 0 saturated carbocycles.